The van der Waals surface area contributed by atoms with Crippen LogP contribution in [-0.4, -0.2) is 11.9 Å². The van der Waals surface area contributed by atoms with Crippen molar-refractivity contribution in [1.82, 2.24) is 5.32 Å². The molecule has 0 bridgehead atoms. The zero-order valence-corrected chi connectivity index (χ0v) is 8.18. The fourth-order valence-corrected chi connectivity index (χ4v) is 1.47. The van der Waals surface area contributed by atoms with E-state index in [9.17, 15) is 4.79 Å². The lowest BCUT2D eigenvalue weighted by atomic mass is 9.83. The van der Waals surface area contributed by atoms with Gasteiger partial charge in [0, 0.05) is 6.42 Å². The lowest BCUT2D eigenvalue weighted by Gasteiger charge is -2.25. The van der Waals surface area contributed by atoms with Gasteiger partial charge in [-0.05, 0) is 25.2 Å². The Balaban J connectivity index is 2.19. The molecule has 0 spiro atoms. The summed E-state index contributed by atoms with van der Waals surface area (Å²) in [4.78, 5) is 11.4. The average Bonchev–Trinajstić information content (AvgIpc) is 2.07. The first kappa shape index (κ1) is 10.1. The maximum atomic E-state index is 11.4. The highest BCUT2D eigenvalue weighted by Crippen LogP contribution is 2.29. The molecule has 0 radical (unpaired) electrons. The van der Waals surface area contributed by atoms with Gasteiger partial charge in [-0.2, -0.15) is 0 Å². The van der Waals surface area contributed by atoms with Crippen molar-refractivity contribution in [1.29, 1.82) is 0 Å². The molecule has 1 aliphatic rings. The molecule has 2 nitrogen and oxygen atoms in total. The van der Waals surface area contributed by atoms with E-state index in [0.29, 0.717) is 12.3 Å². The van der Waals surface area contributed by atoms with Crippen LogP contribution in [0, 0.1) is 18.3 Å². The van der Waals surface area contributed by atoms with Gasteiger partial charge in [-0.1, -0.05) is 19.3 Å². The molecule has 0 aromatic rings. The van der Waals surface area contributed by atoms with E-state index >= 15 is 0 Å². The minimum Gasteiger partial charge on any atom is -0.342 e. The van der Waals surface area contributed by atoms with E-state index in [1.54, 1.807) is 0 Å². The van der Waals surface area contributed by atoms with Gasteiger partial charge in [0.05, 0.1) is 6.04 Å². The maximum Gasteiger partial charge on any atom is 0.221 e. The molecule has 0 aromatic carbocycles. The van der Waals surface area contributed by atoms with Gasteiger partial charge in [0.25, 0.3) is 0 Å². The third-order valence-electron chi connectivity index (χ3n) is 2.64. The first-order chi connectivity index (χ1) is 6.26. The van der Waals surface area contributed by atoms with Gasteiger partial charge < -0.3 is 5.32 Å². The molecule has 1 amide bonds. The van der Waals surface area contributed by atoms with Gasteiger partial charge in [0.2, 0.25) is 5.91 Å². The summed E-state index contributed by atoms with van der Waals surface area (Å²) in [6.45, 7) is 1.98. The van der Waals surface area contributed by atoms with Crippen molar-refractivity contribution in [2.45, 2.75) is 45.1 Å². The summed E-state index contributed by atoms with van der Waals surface area (Å²) in [5.74, 6) is 3.30. The van der Waals surface area contributed by atoms with Crippen LogP contribution in [0.2, 0.25) is 0 Å². The van der Waals surface area contributed by atoms with Crippen LogP contribution in [0.1, 0.15) is 39.0 Å². The molecule has 1 rings (SSSR count). The van der Waals surface area contributed by atoms with E-state index in [2.05, 4.69) is 11.2 Å². The van der Waals surface area contributed by atoms with Gasteiger partial charge in [0.1, 0.15) is 0 Å². The molecule has 0 aromatic heterocycles. The molecule has 72 valence electrons. The van der Waals surface area contributed by atoms with Gasteiger partial charge in [-0.3, -0.25) is 4.79 Å². The van der Waals surface area contributed by atoms with E-state index < -0.39 is 0 Å². The summed E-state index contributed by atoms with van der Waals surface area (Å²) in [7, 11) is 0. The molecule has 1 saturated carbocycles. The minimum absolute atomic E-state index is 0.0763. The average molecular weight is 179 g/mol. The van der Waals surface area contributed by atoms with Crippen LogP contribution in [0.5, 0.6) is 0 Å². The third kappa shape index (κ3) is 3.10. The number of amides is 1. The number of hydrogen-bond donors (Lipinski definition) is 1. The van der Waals surface area contributed by atoms with Gasteiger partial charge in [0.15, 0.2) is 0 Å². The van der Waals surface area contributed by atoms with Gasteiger partial charge >= 0.3 is 0 Å². The normalized spacial score (nSPS) is 18.5. The van der Waals surface area contributed by atoms with Crippen LogP contribution in [0.3, 0.4) is 0 Å². The highest BCUT2D eigenvalue weighted by Gasteiger charge is 2.21. The van der Waals surface area contributed by atoms with Crippen molar-refractivity contribution in [2.24, 2.45) is 5.92 Å². The fourth-order valence-electron chi connectivity index (χ4n) is 1.47. The number of nitrogens with one attached hydrogen (secondary N) is 1. The van der Waals surface area contributed by atoms with Crippen LogP contribution in [0.15, 0.2) is 0 Å². The molecule has 0 saturated heterocycles. The maximum absolute atomic E-state index is 11.4. The second-order valence-corrected chi connectivity index (χ2v) is 3.70. The molecular formula is C11H17NO. The van der Waals surface area contributed by atoms with Crippen molar-refractivity contribution in [3.63, 3.8) is 0 Å². The molecule has 1 atom stereocenters. The summed E-state index contributed by atoms with van der Waals surface area (Å²) in [6.07, 6.45) is 10.4. The first-order valence-corrected chi connectivity index (χ1v) is 5.01. The Labute approximate surface area is 80.1 Å². The highest BCUT2D eigenvalue weighted by atomic mass is 16.1. The zero-order valence-electron chi connectivity index (χ0n) is 8.18. The summed E-state index contributed by atoms with van der Waals surface area (Å²) in [6, 6.07) is -0.0763. The van der Waals surface area contributed by atoms with Crippen LogP contribution in [0.4, 0.5) is 0 Å². The number of terminal acetylenes is 1. The van der Waals surface area contributed by atoms with Gasteiger partial charge in [-0.15, -0.1) is 6.42 Å². The number of carbonyl (C=O) groups is 1. The minimum atomic E-state index is -0.0763. The molecule has 1 N–H and O–H groups in total. The molecule has 13 heavy (non-hydrogen) atoms. The largest absolute Gasteiger partial charge is 0.342 e. The van der Waals surface area contributed by atoms with Crippen molar-refractivity contribution >= 4 is 5.91 Å². The van der Waals surface area contributed by atoms with Crippen molar-refractivity contribution in [3.8, 4) is 12.3 Å². The summed E-state index contributed by atoms with van der Waals surface area (Å²) < 4.78 is 0. The smallest absolute Gasteiger partial charge is 0.221 e. The topological polar surface area (TPSA) is 29.1 Å². The number of hydrogen-bond acceptors (Lipinski definition) is 1. The SMILES string of the molecule is C#CC(CC)NC(=O)CC1CCC1. The fraction of sp³-hybridized carbons (Fsp3) is 0.727. The standard InChI is InChI=1S/C11H17NO/c1-3-10(4-2)12-11(13)8-9-6-5-7-9/h1,9-10H,4-8H2,2H3,(H,12,13). The number of rotatable bonds is 4. The van der Waals surface area contributed by atoms with E-state index in [0.717, 1.165) is 6.42 Å². The quantitative estimate of drug-likeness (QED) is 0.654. The molecule has 0 heterocycles. The molecular weight excluding hydrogens is 162 g/mol. The van der Waals surface area contributed by atoms with Crippen LogP contribution in [-0.2, 0) is 4.79 Å². The lowest BCUT2D eigenvalue weighted by molar-refractivity contribution is -0.123. The van der Waals surface area contributed by atoms with E-state index in [1.807, 2.05) is 6.92 Å². The molecule has 1 fully saturated rings. The predicted octanol–water partition coefficient (Wildman–Crippen LogP) is 1.70. The second-order valence-electron chi connectivity index (χ2n) is 3.70. The first-order valence-electron chi connectivity index (χ1n) is 5.01. The van der Waals surface area contributed by atoms with Crippen LogP contribution < -0.4 is 5.32 Å². The predicted molar refractivity (Wildman–Crippen MR) is 53.0 cm³/mol. The Bertz CT molecular complexity index is 213. The third-order valence-corrected chi connectivity index (χ3v) is 2.64. The van der Waals surface area contributed by atoms with E-state index in [-0.39, 0.29) is 11.9 Å². The Hall–Kier alpha value is -0.970. The highest BCUT2D eigenvalue weighted by molar-refractivity contribution is 5.77. The van der Waals surface area contributed by atoms with Gasteiger partial charge in [-0.25, -0.2) is 0 Å². The Morgan fingerprint density at radius 2 is 2.38 bits per heavy atom. The van der Waals surface area contributed by atoms with E-state index in [4.69, 9.17) is 6.42 Å². The number of carbonyl (C=O) groups excluding carboxylic acids is 1. The van der Waals surface area contributed by atoms with E-state index in [1.165, 1.54) is 19.3 Å². The monoisotopic (exact) mass is 179 g/mol. The van der Waals surface area contributed by atoms with Crippen LogP contribution >= 0.6 is 0 Å². The summed E-state index contributed by atoms with van der Waals surface area (Å²) >= 11 is 0. The Kier molecular flexibility index (Phi) is 3.82. The van der Waals surface area contributed by atoms with Crippen LogP contribution in [0.25, 0.3) is 0 Å². The second kappa shape index (κ2) is 4.91. The Morgan fingerprint density at radius 3 is 2.77 bits per heavy atom. The molecule has 0 aliphatic heterocycles. The van der Waals surface area contributed by atoms with Crippen molar-refractivity contribution < 1.29 is 4.79 Å². The lowest BCUT2D eigenvalue weighted by Crippen LogP contribution is -2.35. The summed E-state index contributed by atoms with van der Waals surface area (Å²) in [5, 5.41) is 2.84. The molecule has 1 unspecified atom stereocenters. The Morgan fingerprint density at radius 1 is 1.69 bits per heavy atom. The summed E-state index contributed by atoms with van der Waals surface area (Å²) in [5.41, 5.74) is 0. The van der Waals surface area contributed by atoms with Crippen molar-refractivity contribution in [3.05, 3.63) is 0 Å². The molecule has 1 aliphatic carbocycles. The zero-order chi connectivity index (χ0) is 9.68. The molecule has 2 heteroatoms. The van der Waals surface area contributed by atoms with Crippen molar-refractivity contribution in [2.75, 3.05) is 0 Å².